The van der Waals surface area contributed by atoms with Gasteiger partial charge in [0.25, 0.3) is 5.56 Å². The molecule has 0 radical (unpaired) electrons. The Morgan fingerprint density at radius 2 is 2.00 bits per heavy atom. The molecule has 1 N–H and O–H groups in total. The molecule has 8 heteroatoms. The average Bonchev–Trinajstić information content (AvgIpc) is 2.74. The fourth-order valence-corrected chi connectivity index (χ4v) is 4.17. The van der Waals surface area contributed by atoms with Gasteiger partial charge in [0.2, 0.25) is 5.90 Å². The van der Waals surface area contributed by atoms with Crippen molar-refractivity contribution < 1.29 is 13.9 Å². The van der Waals surface area contributed by atoms with Crippen LogP contribution in [0.4, 0.5) is 4.39 Å². The second kappa shape index (κ2) is 8.38. The second-order valence-electron chi connectivity index (χ2n) is 7.55. The minimum Gasteiger partial charge on any atom is -0.442 e. The molecule has 1 unspecified atom stereocenters. The predicted octanol–water partition coefficient (Wildman–Crippen LogP) is 2.27. The number of hydrogen-bond donors (Lipinski definition) is 1. The van der Waals surface area contributed by atoms with Gasteiger partial charge in [-0.15, -0.1) is 0 Å². The van der Waals surface area contributed by atoms with Crippen LogP contribution in [-0.4, -0.2) is 48.2 Å². The maximum Gasteiger partial charge on any atom is 0.258 e. The molecule has 0 bridgehead atoms. The number of benzene rings is 1. The Labute approximate surface area is 173 Å². The minimum atomic E-state index is -1.07. The lowest BCUT2D eigenvalue weighted by Crippen LogP contribution is -2.41. The number of fused-ring (bicyclic) bond motifs is 1. The number of aromatic nitrogens is 1. The Balaban J connectivity index is 1.79. The minimum absolute atomic E-state index is 0.221. The first-order valence-electron chi connectivity index (χ1n) is 9.96. The summed E-state index contributed by atoms with van der Waals surface area (Å²) >= 11 is 0. The molecule has 156 valence electrons. The molecule has 2 atom stereocenters. The molecule has 1 aromatic carbocycles. The maximum atomic E-state index is 14.7. The molecule has 7 nitrogen and oxygen atoms in total. The third-order valence-corrected chi connectivity index (χ3v) is 5.78. The lowest BCUT2D eigenvalue weighted by Gasteiger charge is -2.31. The number of nitrogens with one attached hydrogen (secondary N) is 1. The molecular weight excluding hydrogens is 387 g/mol. The summed E-state index contributed by atoms with van der Waals surface area (Å²) in [6, 6.07) is 9.81. The highest BCUT2D eigenvalue weighted by Crippen LogP contribution is 2.41. The predicted molar refractivity (Wildman–Crippen MR) is 108 cm³/mol. The Kier molecular flexibility index (Phi) is 5.66. The Hall–Kier alpha value is -3.02. The maximum absolute atomic E-state index is 14.7. The quantitative estimate of drug-likeness (QED) is 0.835. The average molecular weight is 410 g/mol. The van der Waals surface area contributed by atoms with Crippen LogP contribution >= 0.6 is 0 Å². The molecule has 1 saturated heterocycles. The van der Waals surface area contributed by atoms with Gasteiger partial charge in [-0.2, -0.15) is 5.26 Å². The van der Waals surface area contributed by atoms with Crippen LogP contribution in [-0.2, 0) is 11.3 Å². The fraction of sp³-hybridized carbons (Fsp3) is 0.409. The van der Waals surface area contributed by atoms with E-state index in [9.17, 15) is 14.4 Å². The van der Waals surface area contributed by atoms with Gasteiger partial charge in [0.1, 0.15) is 17.5 Å². The van der Waals surface area contributed by atoms with E-state index in [0.29, 0.717) is 32.0 Å². The lowest BCUT2D eigenvalue weighted by atomic mass is 9.79. The number of nitriles is 1. The van der Waals surface area contributed by atoms with E-state index in [0.717, 1.165) is 13.1 Å². The van der Waals surface area contributed by atoms with Crippen molar-refractivity contribution in [2.75, 3.05) is 32.8 Å². The first-order chi connectivity index (χ1) is 14.5. The first kappa shape index (κ1) is 20.3. The van der Waals surface area contributed by atoms with Crippen molar-refractivity contribution in [1.29, 1.82) is 10.7 Å². The number of morpholine rings is 1. The van der Waals surface area contributed by atoms with Gasteiger partial charge in [0, 0.05) is 43.9 Å². The van der Waals surface area contributed by atoms with Gasteiger partial charge in [-0.25, -0.2) is 4.39 Å². The van der Waals surface area contributed by atoms with Crippen molar-refractivity contribution in [2.45, 2.75) is 19.4 Å². The summed E-state index contributed by atoms with van der Waals surface area (Å²) in [4.78, 5) is 15.7. The van der Waals surface area contributed by atoms with Crippen LogP contribution in [0.2, 0.25) is 0 Å². The van der Waals surface area contributed by atoms with Gasteiger partial charge in [-0.3, -0.25) is 15.1 Å². The van der Waals surface area contributed by atoms with E-state index in [4.69, 9.17) is 14.9 Å². The van der Waals surface area contributed by atoms with E-state index in [1.54, 1.807) is 28.8 Å². The molecule has 30 heavy (non-hydrogen) atoms. The van der Waals surface area contributed by atoms with Gasteiger partial charge in [-0.05, 0) is 18.6 Å². The number of ether oxygens (including phenoxy) is 2. The molecule has 0 amide bonds. The Morgan fingerprint density at radius 1 is 1.27 bits per heavy atom. The zero-order valence-electron chi connectivity index (χ0n) is 16.7. The summed E-state index contributed by atoms with van der Waals surface area (Å²) in [6.07, 6.45) is 0. The summed E-state index contributed by atoms with van der Waals surface area (Å²) in [7, 11) is 0. The summed E-state index contributed by atoms with van der Waals surface area (Å²) in [6.45, 7) is 5.94. The molecule has 2 aliphatic heterocycles. The number of aryl methyl sites for hydroxylation is 1. The van der Waals surface area contributed by atoms with Crippen molar-refractivity contribution in [1.82, 2.24) is 9.47 Å². The summed E-state index contributed by atoms with van der Waals surface area (Å²) in [5.74, 6) is -2.52. The molecule has 0 saturated carbocycles. The van der Waals surface area contributed by atoms with Crippen LogP contribution in [0.3, 0.4) is 0 Å². The van der Waals surface area contributed by atoms with Crippen LogP contribution in [0.1, 0.15) is 22.7 Å². The van der Waals surface area contributed by atoms with Crippen LogP contribution < -0.4 is 10.3 Å². The van der Waals surface area contributed by atoms with Crippen LogP contribution in [0.5, 0.6) is 5.75 Å². The van der Waals surface area contributed by atoms with Gasteiger partial charge >= 0.3 is 0 Å². The monoisotopic (exact) mass is 410 g/mol. The van der Waals surface area contributed by atoms with Crippen molar-refractivity contribution in [3.05, 3.63) is 63.3 Å². The Morgan fingerprint density at radius 3 is 2.70 bits per heavy atom. The molecule has 2 aromatic rings. The second-order valence-corrected chi connectivity index (χ2v) is 7.55. The van der Waals surface area contributed by atoms with Crippen LogP contribution in [0, 0.1) is 35.4 Å². The van der Waals surface area contributed by atoms with Gasteiger partial charge in [0.15, 0.2) is 0 Å². The molecule has 3 heterocycles. The topological polar surface area (TPSA) is 91.3 Å². The highest BCUT2D eigenvalue weighted by molar-refractivity contribution is 5.85. The summed E-state index contributed by atoms with van der Waals surface area (Å²) in [5, 5.41) is 17.8. The van der Waals surface area contributed by atoms with Crippen LogP contribution in [0.15, 0.2) is 35.1 Å². The largest absolute Gasteiger partial charge is 0.442 e. The third kappa shape index (κ3) is 3.62. The number of rotatable bonds is 4. The fourth-order valence-electron chi connectivity index (χ4n) is 4.17. The van der Waals surface area contributed by atoms with E-state index in [1.807, 2.05) is 13.0 Å². The molecule has 2 aliphatic rings. The zero-order chi connectivity index (χ0) is 21.3. The van der Waals surface area contributed by atoms with Gasteiger partial charge < -0.3 is 14.0 Å². The molecular formula is C22H23FN4O3. The van der Waals surface area contributed by atoms with Crippen molar-refractivity contribution in [2.24, 2.45) is 5.92 Å². The standard InChI is InChI=1S/C22H23FN4O3/c1-14-12-18-20(22(28)27(14)7-6-26-8-10-29-11-9-26)19(16(13-24)21(25)30-18)15-4-2-3-5-17(15)23/h2-5,12,16,19,25H,6-11H2,1H3/t16?,19-/m1/s1. The first-order valence-corrected chi connectivity index (χ1v) is 9.96. The van der Waals surface area contributed by atoms with Gasteiger partial charge in [-0.1, -0.05) is 18.2 Å². The highest BCUT2D eigenvalue weighted by Gasteiger charge is 2.40. The number of hydrogen-bond acceptors (Lipinski definition) is 6. The molecule has 0 aliphatic carbocycles. The van der Waals surface area contributed by atoms with Crippen molar-refractivity contribution >= 4 is 5.90 Å². The van der Waals surface area contributed by atoms with E-state index in [-0.39, 0.29) is 28.3 Å². The summed E-state index contributed by atoms with van der Waals surface area (Å²) in [5.41, 5.74) is 0.844. The SMILES string of the molecule is Cc1cc2c(c(=O)n1CCN1CCOCC1)[C@H](c1ccccc1F)C(C#N)C(=N)O2. The van der Waals surface area contributed by atoms with E-state index < -0.39 is 17.7 Å². The number of halogens is 1. The van der Waals surface area contributed by atoms with E-state index >= 15 is 0 Å². The van der Waals surface area contributed by atoms with Crippen molar-refractivity contribution in [3.63, 3.8) is 0 Å². The highest BCUT2D eigenvalue weighted by atomic mass is 19.1. The lowest BCUT2D eigenvalue weighted by molar-refractivity contribution is 0.0362. The molecule has 4 rings (SSSR count). The number of nitrogens with zero attached hydrogens (tertiary/aromatic N) is 3. The smallest absolute Gasteiger partial charge is 0.258 e. The number of pyridine rings is 1. The van der Waals surface area contributed by atoms with Gasteiger partial charge in [0.05, 0.1) is 24.8 Å². The van der Waals surface area contributed by atoms with Crippen LogP contribution in [0.25, 0.3) is 0 Å². The molecule has 0 spiro atoms. The van der Waals surface area contributed by atoms with E-state index in [2.05, 4.69) is 4.90 Å². The Bertz CT molecular complexity index is 1070. The summed E-state index contributed by atoms with van der Waals surface area (Å²) < 4.78 is 27.2. The normalized spacial score (nSPS) is 21.6. The molecule has 1 aromatic heterocycles. The van der Waals surface area contributed by atoms with Crippen molar-refractivity contribution in [3.8, 4) is 11.8 Å². The third-order valence-electron chi connectivity index (χ3n) is 5.78. The molecule has 1 fully saturated rings. The van der Waals surface area contributed by atoms with E-state index in [1.165, 1.54) is 6.07 Å². The zero-order valence-corrected chi connectivity index (χ0v) is 16.7.